The lowest BCUT2D eigenvalue weighted by Gasteiger charge is -2.31. The minimum absolute atomic E-state index is 0.159. The minimum Gasteiger partial charge on any atom is -0.354 e. The summed E-state index contributed by atoms with van der Waals surface area (Å²) in [4.78, 5) is 27.6. The lowest BCUT2D eigenvalue weighted by Crippen LogP contribution is -2.51. The van der Waals surface area contributed by atoms with E-state index in [-0.39, 0.29) is 18.4 Å². The number of nitrogens with zero attached hydrogens (tertiary/aromatic N) is 2. The molecule has 2 amide bonds. The number of anilines is 1. The Hall–Kier alpha value is -1.91. The van der Waals surface area contributed by atoms with Gasteiger partial charge in [0.15, 0.2) is 0 Å². The third kappa shape index (κ3) is 8.42. The van der Waals surface area contributed by atoms with Crippen molar-refractivity contribution >= 4 is 59.4 Å². The van der Waals surface area contributed by atoms with Gasteiger partial charge in [-0.1, -0.05) is 57.8 Å². The molecule has 1 N–H and O–H groups in total. The van der Waals surface area contributed by atoms with Gasteiger partial charge in [-0.15, -0.1) is 0 Å². The van der Waals surface area contributed by atoms with Gasteiger partial charge in [0.25, 0.3) is 0 Å². The lowest BCUT2D eigenvalue weighted by atomic mass is 10.1. The summed E-state index contributed by atoms with van der Waals surface area (Å²) in [7, 11) is -3.74. The van der Waals surface area contributed by atoms with Crippen LogP contribution in [0.5, 0.6) is 0 Å². The maximum absolute atomic E-state index is 13.4. The first kappa shape index (κ1) is 27.3. The fraction of sp³-hybridized carbons (Fsp3) is 0.391. The van der Waals surface area contributed by atoms with Crippen LogP contribution in [0, 0.1) is 5.92 Å². The Morgan fingerprint density at radius 3 is 2.18 bits per heavy atom. The highest BCUT2D eigenvalue weighted by molar-refractivity contribution is 9.10. The van der Waals surface area contributed by atoms with Gasteiger partial charge in [-0.25, -0.2) is 8.42 Å². The van der Waals surface area contributed by atoms with Crippen LogP contribution in [0.2, 0.25) is 0 Å². The molecule has 0 aromatic heterocycles. The van der Waals surface area contributed by atoms with E-state index in [4.69, 9.17) is 0 Å². The first-order chi connectivity index (χ1) is 15.4. The monoisotopic (exact) mass is 601 g/mol. The molecule has 0 spiro atoms. The highest BCUT2D eigenvalue weighted by atomic mass is 79.9. The molecule has 0 aliphatic carbocycles. The van der Waals surface area contributed by atoms with E-state index in [9.17, 15) is 18.0 Å². The van der Waals surface area contributed by atoms with E-state index in [1.165, 1.54) is 4.90 Å². The highest BCUT2D eigenvalue weighted by Crippen LogP contribution is 2.22. The van der Waals surface area contributed by atoms with Crippen LogP contribution in [-0.2, 0) is 26.2 Å². The van der Waals surface area contributed by atoms with Crippen LogP contribution in [0.3, 0.4) is 0 Å². The predicted octanol–water partition coefficient (Wildman–Crippen LogP) is 4.17. The number of hydrogen-bond acceptors (Lipinski definition) is 4. The van der Waals surface area contributed by atoms with Gasteiger partial charge in [-0.3, -0.25) is 13.9 Å². The number of amides is 2. The molecule has 1 atom stereocenters. The largest absolute Gasteiger partial charge is 0.354 e. The number of carbonyl (C=O) groups is 2. The first-order valence-corrected chi connectivity index (χ1v) is 13.9. The van der Waals surface area contributed by atoms with E-state index in [1.54, 1.807) is 31.2 Å². The minimum atomic E-state index is -3.74. The molecule has 0 saturated carbocycles. The predicted molar refractivity (Wildman–Crippen MR) is 138 cm³/mol. The van der Waals surface area contributed by atoms with E-state index < -0.39 is 28.5 Å². The van der Waals surface area contributed by atoms with Crippen molar-refractivity contribution in [2.45, 2.75) is 33.4 Å². The number of sulfonamides is 1. The van der Waals surface area contributed by atoms with Crippen LogP contribution < -0.4 is 9.62 Å². The standard InChI is InChI=1S/C23H29Br2N3O4S/c1-16(2)13-26-23(30)17(3)27(14-18-6-5-7-20(25)12-18)22(29)15-28(33(4,31)32)21-10-8-19(24)9-11-21/h5-12,16-17H,13-15H2,1-4H3,(H,26,30)/t17-/m1/s1. The summed E-state index contributed by atoms with van der Waals surface area (Å²) in [5.41, 5.74) is 1.18. The Labute approximate surface area is 212 Å². The number of halogens is 2. The number of nitrogens with one attached hydrogen (secondary N) is 1. The molecule has 0 heterocycles. The van der Waals surface area contributed by atoms with Crippen molar-refractivity contribution in [3.63, 3.8) is 0 Å². The molecule has 33 heavy (non-hydrogen) atoms. The Kier molecular flexibility index (Phi) is 9.93. The second-order valence-corrected chi connectivity index (χ2v) is 12.0. The van der Waals surface area contributed by atoms with Crippen LogP contribution in [0.15, 0.2) is 57.5 Å². The average Bonchev–Trinajstić information content (AvgIpc) is 2.73. The van der Waals surface area contributed by atoms with Gasteiger partial charge in [0.1, 0.15) is 12.6 Å². The van der Waals surface area contributed by atoms with Crippen molar-refractivity contribution in [1.29, 1.82) is 0 Å². The van der Waals surface area contributed by atoms with Gasteiger partial charge in [0.05, 0.1) is 11.9 Å². The molecular formula is C23H29Br2N3O4S. The fourth-order valence-corrected chi connectivity index (χ4v) is 4.65. The Balaban J connectivity index is 2.35. The summed E-state index contributed by atoms with van der Waals surface area (Å²) in [5, 5.41) is 2.86. The Morgan fingerprint density at radius 1 is 1.00 bits per heavy atom. The second kappa shape index (κ2) is 12.0. The zero-order valence-corrected chi connectivity index (χ0v) is 23.1. The van der Waals surface area contributed by atoms with Crippen LogP contribution in [0.25, 0.3) is 0 Å². The maximum Gasteiger partial charge on any atom is 0.244 e. The highest BCUT2D eigenvalue weighted by Gasteiger charge is 2.30. The van der Waals surface area contributed by atoms with Gasteiger partial charge in [0, 0.05) is 22.0 Å². The van der Waals surface area contributed by atoms with E-state index in [2.05, 4.69) is 37.2 Å². The molecule has 0 aliphatic rings. The van der Waals surface area contributed by atoms with Crippen LogP contribution in [0.1, 0.15) is 26.3 Å². The molecular weight excluding hydrogens is 574 g/mol. The number of carbonyl (C=O) groups excluding carboxylic acids is 2. The first-order valence-electron chi connectivity index (χ1n) is 10.4. The van der Waals surface area contributed by atoms with E-state index in [1.807, 2.05) is 38.1 Å². The molecule has 0 fully saturated rings. The summed E-state index contributed by atoms with van der Waals surface area (Å²) in [6.45, 7) is 5.84. The Morgan fingerprint density at radius 2 is 1.64 bits per heavy atom. The fourth-order valence-electron chi connectivity index (χ4n) is 3.09. The molecule has 2 aromatic carbocycles. The van der Waals surface area contributed by atoms with Crippen LogP contribution in [-0.4, -0.2) is 50.5 Å². The smallest absolute Gasteiger partial charge is 0.244 e. The third-order valence-corrected chi connectivity index (χ3v) is 7.05. The summed E-state index contributed by atoms with van der Waals surface area (Å²) >= 11 is 6.75. The molecule has 0 aliphatic heterocycles. The Bertz CT molecular complexity index is 1080. The quantitative estimate of drug-likeness (QED) is 0.442. The molecule has 0 saturated heterocycles. The topological polar surface area (TPSA) is 86.8 Å². The van der Waals surface area contributed by atoms with Gasteiger partial charge in [0.2, 0.25) is 21.8 Å². The summed E-state index contributed by atoms with van der Waals surface area (Å²) in [6, 6.07) is 13.3. The van der Waals surface area contributed by atoms with Gasteiger partial charge >= 0.3 is 0 Å². The summed E-state index contributed by atoms with van der Waals surface area (Å²) in [6.07, 6.45) is 1.06. The third-order valence-electron chi connectivity index (χ3n) is 4.89. The van der Waals surface area contributed by atoms with Crippen molar-refractivity contribution in [3.05, 3.63) is 63.0 Å². The molecule has 2 rings (SSSR count). The number of rotatable bonds is 10. The zero-order chi connectivity index (χ0) is 24.8. The van der Waals surface area contributed by atoms with E-state index >= 15 is 0 Å². The van der Waals surface area contributed by atoms with Crippen molar-refractivity contribution in [2.24, 2.45) is 5.92 Å². The van der Waals surface area contributed by atoms with Gasteiger partial charge in [-0.05, 0) is 54.8 Å². The van der Waals surface area contributed by atoms with E-state index in [0.717, 1.165) is 25.1 Å². The number of benzene rings is 2. The van der Waals surface area contributed by atoms with Crippen molar-refractivity contribution in [2.75, 3.05) is 23.7 Å². The van der Waals surface area contributed by atoms with Gasteiger partial charge in [-0.2, -0.15) is 0 Å². The van der Waals surface area contributed by atoms with Crippen LogP contribution in [0.4, 0.5) is 5.69 Å². The molecule has 0 bridgehead atoms. The average molecular weight is 603 g/mol. The SMILES string of the molecule is CC(C)CNC(=O)[C@@H](C)N(Cc1cccc(Br)c1)C(=O)CN(c1ccc(Br)cc1)S(C)(=O)=O. The van der Waals surface area contributed by atoms with Gasteiger partial charge < -0.3 is 10.2 Å². The number of hydrogen-bond donors (Lipinski definition) is 1. The van der Waals surface area contributed by atoms with Crippen molar-refractivity contribution < 1.29 is 18.0 Å². The second-order valence-electron chi connectivity index (χ2n) is 8.21. The van der Waals surface area contributed by atoms with Crippen LogP contribution >= 0.6 is 31.9 Å². The summed E-state index contributed by atoms with van der Waals surface area (Å²) < 4.78 is 27.7. The summed E-state index contributed by atoms with van der Waals surface area (Å²) in [5.74, 6) is -0.509. The maximum atomic E-state index is 13.4. The molecule has 10 heteroatoms. The van der Waals surface area contributed by atoms with Crippen molar-refractivity contribution in [1.82, 2.24) is 10.2 Å². The van der Waals surface area contributed by atoms with E-state index in [0.29, 0.717) is 12.2 Å². The molecule has 0 unspecified atom stereocenters. The molecule has 7 nitrogen and oxygen atoms in total. The van der Waals surface area contributed by atoms with Crippen molar-refractivity contribution in [3.8, 4) is 0 Å². The zero-order valence-electron chi connectivity index (χ0n) is 19.1. The normalized spacial score (nSPS) is 12.3. The molecule has 2 aromatic rings. The molecule has 180 valence electrons. The molecule has 0 radical (unpaired) electrons. The lowest BCUT2D eigenvalue weighted by molar-refractivity contribution is -0.139.